The number of hydrogen-bond acceptors (Lipinski definition) is 4. The van der Waals surface area contributed by atoms with Crippen LogP contribution >= 0.6 is 0 Å². The Kier molecular flexibility index (Phi) is 3.81. The summed E-state index contributed by atoms with van der Waals surface area (Å²) in [7, 11) is 2.00. The number of aromatic nitrogens is 3. The van der Waals surface area contributed by atoms with Gasteiger partial charge in [0.05, 0.1) is 18.2 Å². The van der Waals surface area contributed by atoms with Crippen LogP contribution in [0.4, 0.5) is 5.69 Å². The Morgan fingerprint density at radius 3 is 2.58 bits per heavy atom. The molecule has 19 heavy (non-hydrogen) atoms. The van der Waals surface area contributed by atoms with Crippen molar-refractivity contribution in [2.24, 2.45) is 0 Å². The highest BCUT2D eigenvalue weighted by Crippen LogP contribution is 2.16. The van der Waals surface area contributed by atoms with Crippen LogP contribution in [0.2, 0.25) is 0 Å². The van der Waals surface area contributed by atoms with E-state index in [4.69, 9.17) is 5.26 Å². The molecule has 0 fully saturated rings. The van der Waals surface area contributed by atoms with Crippen molar-refractivity contribution >= 4 is 5.69 Å². The van der Waals surface area contributed by atoms with E-state index in [1.165, 1.54) is 0 Å². The molecular weight excluding hydrogens is 238 g/mol. The standard InChI is InChI=1S/C14H17N5/c1-11(2)19-14(16-10-17-19)9-18(3)13-6-4-12(8-15)5-7-13/h4-7,10-11H,9H2,1-3H3. The highest BCUT2D eigenvalue weighted by atomic mass is 15.4. The molecule has 1 aromatic carbocycles. The fraction of sp³-hybridized carbons (Fsp3) is 0.357. The first-order valence-corrected chi connectivity index (χ1v) is 6.21. The number of nitriles is 1. The molecule has 0 aliphatic heterocycles. The molecule has 1 aromatic heterocycles. The molecule has 0 amide bonds. The van der Waals surface area contributed by atoms with Crippen molar-refractivity contribution in [1.29, 1.82) is 5.26 Å². The third-order valence-electron chi connectivity index (χ3n) is 2.95. The van der Waals surface area contributed by atoms with Crippen molar-refractivity contribution in [3.8, 4) is 6.07 Å². The molecule has 0 aliphatic carbocycles. The summed E-state index contributed by atoms with van der Waals surface area (Å²) in [4.78, 5) is 6.38. The van der Waals surface area contributed by atoms with Crippen molar-refractivity contribution in [3.63, 3.8) is 0 Å². The monoisotopic (exact) mass is 255 g/mol. The lowest BCUT2D eigenvalue weighted by Crippen LogP contribution is -2.20. The van der Waals surface area contributed by atoms with Crippen molar-refractivity contribution in [2.45, 2.75) is 26.4 Å². The topological polar surface area (TPSA) is 57.7 Å². The maximum atomic E-state index is 8.79. The average Bonchev–Trinajstić information content (AvgIpc) is 2.87. The third kappa shape index (κ3) is 2.91. The zero-order valence-electron chi connectivity index (χ0n) is 11.4. The van der Waals surface area contributed by atoms with Gasteiger partial charge in [0.25, 0.3) is 0 Å². The quantitative estimate of drug-likeness (QED) is 0.841. The van der Waals surface area contributed by atoms with Gasteiger partial charge in [-0.15, -0.1) is 0 Å². The predicted octanol–water partition coefficient (Wildman–Crippen LogP) is 2.37. The number of benzene rings is 1. The lowest BCUT2D eigenvalue weighted by atomic mass is 10.2. The highest BCUT2D eigenvalue weighted by molar-refractivity contribution is 5.49. The molecule has 2 rings (SSSR count). The second kappa shape index (κ2) is 5.53. The molecule has 0 saturated carbocycles. The Hall–Kier alpha value is -2.35. The van der Waals surface area contributed by atoms with Gasteiger partial charge in [0.2, 0.25) is 0 Å². The molecule has 0 N–H and O–H groups in total. The maximum Gasteiger partial charge on any atom is 0.146 e. The van der Waals surface area contributed by atoms with Crippen molar-refractivity contribution in [2.75, 3.05) is 11.9 Å². The summed E-state index contributed by atoms with van der Waals surface area (Å²) >= 11 is 0. The Bertz CT molecular complexity index is 577. The van der Waals surface area contributed by atoms with E-state index in [0.29, 0.717) is 18.2 Å². The number of nitrogens with zero attached hydrogens (tertiary/aromatic N) is 5. The number of anilines is 1. The van der Waals surface area contributed by atoms with E-state index in [1.54, 1.807) is 6.33 Å². The van der Waals surface area contributed by atoms with E-state index in [-0.39, 0.29) is 0 Å². The van der Waals surface area contributed by atoms with Crippen molar-refractivity contribution in [1.82, 2.24) is 14.8 Å². The zero-order valence-corrected chi connectivity index (χ0v) is 11.4. The van der Waals surface area contributed by atoms with Gasteiger partial charge in [-0.2, -0.15) is 10.4 Å². The van der Waals surface area contributed by atoms with Crippen LogP contribution in [0.1, 0.15) is 31.3 Å². The Balaban J connectivity index is 2.14. The van der Waals surface area contributed by atoms with E-state index in [0.717, 1.165) is 11.5 Å². The average molecular weight is 255 g/mol. The second-order valence-corrected chi connectivity index (χ2v) is 4.73. The Morgan fingerprint density at radius 2 is 2.00 bits per heavy atom. The second-order valence-electron chi connectivity index (χ2n) is 4.73. The van der Waals surface area contributed by atoms with E-state index in [9.17, 15) is 0 Å². The van der Waals surface area contributed by atoms with Crippen LogP contribution in [-0.4, -0.2) is 21.8 Å². The summed E-state index contributed by atoms with van der Waals surface area (Å²) < 4.78 is 1.92. The van der Waals surface area contributed by atoms with E-state index >= 15 is 0 Å². The molecule has 0 bridgehead atoms. The summed E-state index contributed by atoms with van der Waals surface area (Å²) in [5, 5.41) is 13.0. The minimum absolute atomic E-state index is 0.298. The molecular formula is C14H17N5. The van der Waals surface area contributed by atoms with E-state index < -0.39 is 0 Å². The summed E-state index contributed by atoms with van der Waals surface area (Å²) in [6, 6.07) is 9.93. The number of hydrogen-bond donors (Lipinski definition) is 0. The molecule has 0 unspecified atom stereocenters. The van der Waals surface area contributed by atoms with Gasteiger partial charge in [-0.05, 0) is 38.1 Å². The summed E-state index contributed by atoms with van der Waals surface area (Å²) in [6.45, 7) is 4.85. The van der Waals surface area contributed by atoms with Crippen LogP contribution in [0.25, 0.3) is 0 Å². The lowest BCUT2D eigenvalue weighted by Gasteiger charge is -2.20. The van der Waals surface area contributed by atoms with Gasteiger partial charge in [-0.1, -0.05) is 0 Å². The molecule has 0 radical (unpaired) electrons. The van der Waals surface area contributed by atoms with Gasteiger partial charge in [-0.25, -0.2) is 9.67 Å². The largest absolute Gasteiger partial charge is 0.367 e. The van der Waals surface area contributed by atoms with Crippen LogP contribution in [0.15, 0.2) is 30.6 Å². The minimum atomic E-state index is 0.298. The fourth-order valence-corrected chi connectivity index (χ4v) is 1.91. The first kappa shape index (κ1) is 13.1. The molecule has 0 saturated heterocycles. The van der Waals surface area contributed by atoms with Crippen LogP contribution in [0, 0.1) is 11.3 Å². The minimum Gasteiger partial charge on any atom is -0.367 e. The third-order valence-corrected chi connectivity index (χ3v) is 2.95. The van der Waals surface area contributed by atoms with E-state index in [2.05, 4.69) is 34.9 Å². The predicted molar refractivity (Wildman–Crippen MR) is 73.7 cm³/mol. The first-order valence-electron chi connectivity index (χ1n) is 6.21. The lowest BCUT2D eigenvalue weighted by molar-refractivity contribution is 0.503. The molecule has 0 aliphatic rings. The number of rotatable bonds is 4. The van der Waals surface area contributed by atoms with Crippen LogP contribution in [-0.2, 0) is 6.54 Å². The molecule has 98 valence electrons. The van der Waals surface area contributed by atoms with Crippen LogP contribution in [0.3, 0.4) is 0 Å². The summed E-state index contributed by atoms with van der Waals surface area (Å²) in [5.74, 6) is 0.932. The summed E-state index contributed by atoms with van der Waals surface area (Å²) in [5.41, 5.74) is 1.72. The van der Waals surface area contributed by atoms with Gasteiger partial charge < -0.3 is 4.90 Å². The molecule has 5 nitrogen and oxygen atoms in total. The Morgan fingerprint density at radius 1 is 1.32 bits per heavy atom. The van der Waals surface area contributed by atoms with E-state index in [1.807, 2.05) is 36.0 Å². The molecule has 0 atom stereocenters. The van der Waals surface area contributed by atoms with Gasteiger partial charge in [0, 0.05) is 18.8 Å². The van der Waals surface area contributed by atoms with Gasteiger partial charge >= 0.3 is 0 Å². The first-order chi connectivity index (χ1) is 9.11. The fourth-order valence-electron chi connectivity index (χ4n) is 1.91. The van der Waals surface area contributed by atoms with Crippen LogP contribution in [0.5, 0.6) is 0 Å². The Labute approximate surface area is 113 Å². The van der Waals surface area contributed by atoms with Crippen LogP contribution < -0.4 is 4.90 Å². The smallest absolute Gasteiger partial charge is 0.146 e. The van der Waals surface area contributed by atoms with Crippen molar-refractivity contribution in [3.05, 3.63) is 42.0 Å². The molecule has 0 spiro atoms. The zero-order chi connectivity index (χ0) is 13.8. The van der Waals surface area contributed by atoms with Gasteiger partial charge in [0.1, 0.15) is 12.2 Å². The normalized spacial score (nSPS) is 10.5. The maximum absolute atomic E-state index is 8.79. The molecule has 2 aromatic rings. The summed E-state index contributed by atoms with van der Waals surface area (Å²) in [6.07, 6.45) is 1.59. The molecule has 1 heterocycles. The highest BCUT2D eigenvalue weighted by Gasteiger charge is 2.10. The SMILES string of the molecule is CC(C)n1ncnc1CN(C)c1ccc(C#N)cc1. The van der Waals surface area contributed by atoms with Gasteiger partial charge in [0.15, 0.2) is 0 Å². The molecule has 5 heteroatoms. The van der Waals surface area contributed by atoms with Crippen molar-refractivity contribution < 1.29 is 0 Å². The van der Waals surface area contributed by atoms with Gasteiger partial charge in [-0.3, -0.25) is 0 Å².